The van der Waals surface area contributed by atoms with Gasteiger partial charge in [-0.25, -0.2) is 4.98 Å². The third kappa shape index (κ3) is 4.08. The Hall–Kier alpha value is -1.53. The Balaban J connectivity index is 2.88. The van der Waals surface area contributed by atoms with Crippen LogP contribution in [0.5, 0.6) is 0 Å². The Kier molecular flexibility index (Phi) is 6.13. The minimum atomic E-state index is 0.615. The fraction of sp³-hybridized carbons (Fsp3) is 0.500. The average molecular weight is 231 g/mol. The maximum Gasteiger partial charge on any atom is 0.133 e. The molecule has 3 heteroatoms. The first-order valence-electron chi connectivity index (χ1n) is 6.16. The van der Waals surface area contributed by atoms with Crippen molar-refractivity contribution in [2.75, 3.05) is 24.5 Å². The summed E-state index contributed by atoms with van der Waals surface area (Å²) in [6.45, 7) is 7.60. The van der Waals surface area contributed by atoms with Crippen LogP contribution >= 0.6 is 0 Å². The predicted octanol–water partition coefficient (Wildman–Crippen LogP) is 2.04. The summed E-state index contributed by atoms with van der Waals surface area (Å²) in [4.78, 5) is 6.62. The van der Waals surface area contributed by atoms with E-state index in [1.54, 1.807) is 0 Å². The van der Waals surface area contributed by atoms with Crippen LogP contribution in [0.2, 0.25) is 0 Å². The van der Waals surface area contributed by atoms with Crippen LogP contribution in [0.3, 0.4) is 0 Å². The number of rotatable bonds is 7. The molecule has 0 unspecified atom stereocenters. The minimum absolute atomic E-state index is 0.615. The molecule has 0 saturated heterocycles. The lowest BCUT2D eigenvalue weighted by molar-refractivity contribution is 0.715. The Morgan fingerprint density at radius 2 is 2.29 bits per heavy atom. The van der Waals surface area contributed by atoms with E-state index in [1.807, 2.05) is 12.3 Å². The molecule has 1 rings (SSSR count). The molecule has 0 aromatic carbocycles. The lowest BCUT2D eigenvalue weighted by Crippen LogP contribution is -2.27. The zero-order valence-corrected chi connectivity index (χ0v) is 10.7. The third-order valence-electron chi connectivity index (χ3n) is 2.51. The summed E-state index contributed by atoms with van der Waals surface area (Å²) in [6.07, 6.45) is 8.30. The number of nitrogens with zero attached hydrogens (tertiary/aromatic N) is 2. The van der Waals surface area contributed by atoms with Gasteiger partial charge < -0.3 is 10.2 Å². The van der Waals surface area contributed by atoms with Crippen LogP contribution in [0.15, 0.2) is 18.3 Å². The molecule has 0 bridgehead atoms. The van der Waals surface area contributed by atoms with E-state index in [1.165, 1.54) is 5.56 Å². The maximum absolute atomic E-state index is 5.41. The highest BCUT2D eigenvalue weighted by Crippen LogP contribution is 2.17. The average Bonchev–Trinajstić information content (AvgIpc) is 2.36. The lowest BCUT2D eigenvalue weighted by Gasteiger charge is -2.23. The summed E-state index contributed by atoms with van der Waals surface area (Å²) < 4.78 is 0. The zero-order valence-electron chi connectivity index (χ0n) is 10.7. The van der Waals surface area contributed by atoms with Gasteiger partial charge in [-0.2, -0.15) is 0 Å². The number of hydrogen-bond acceptors (Lipinski definition) is 3. The molecule has 17 heavy (non-hydrogen) atoms. The van der Waals surface area contributed by atoms with Crippen molar-refractivity contribution in [2.24, 2.45) is 0 Å². The van der Waals surface area contributed by atoms with Gasteiger partial charge in [0, 0.05) is 24.8 Å². The predicted molar refractivity (Wildman–Crippen MR) is 73.0 cm³/mol. The molecule has 1 N–H and O–H groups in total. The van der Waals surface area contributed by atoms with E-state index in [-0.39, 0.29) is 0 Å². The normalized spacial score (nSPS) is 9.94. The molecule has 3 nitrogen and oxygen atoms in total. The van der Waals surface area contributed by atoms with Gasteiger partial charge in [-0.3, -0.25) is 0 Å². The highest BCUT2D eigenvalue weighted by Gasteiger charge is 2.10. The van der Waals surface area contributed by atoms with Crippen molar-refractivity contribution >= 4 is 5.82 Å². The number of nitrogens with one attached hydrogen (secondary N) is 1. The molecule has 1 heterocycles. The molecule has 0 spiro atoms. The fourth-order valence-corrected chi connectivity index (χ4v) is 1.75. The summed E-state index contributed by atoms with van der Waals surface area (Å²) in [6, 6.07) is 4.07. The lowest BCUT2D eigenvalue weighted by atomic mass is 10.2. The number of terminal acetylenes is 1. The van der Waals surface area contributed by atoms with Crippen LogP contribution in [0.4, 0.5) is 5.82 Å². The molecule has 1 aromatic rings. The molecule has 0 saturated carbocycles. The van der Waals surface area contributed by atoms with E-state index in [0.29, 0.717) is 6.54 Å². The summed E-state index contributed by atoms with van der Waals surface area (Å²) in [5, 5.41) is 3.33. The number of pyridine rings is 1. The second kappa shape index (κ2) is 7.70. The summed E-state index contributed by atoms with van der Waals surface area (Å²) in [7, 11) is 0. The largest absolute Gasteiger partial charge is 0.345 e. The van der Waals surface area contributed by atoms with Gasteiger partial charge in [-0.1, -0.05) is 25.8 Å². The van der Waals surface area contributed by atoms with Gasteiger partial charge in [0.05, 0.1) is 6.54 Å². The number of aromatic nitrogens is 1. The van der Waals surface area contributed by atoms with Crippen LogP contribution < -0.4 is 10.2 Å². The summed E-state index contributed by atoms with van der Waals surface area (Å²) in [5.74, 6) is 3.71. The van der Waals surface area contributed by atoms with Gasteiger partial charge in [-0.05, 0) is 19.0 Å². The number of hydrogen-bond donors (Lipinski definition) is 1. The molecule has 0 aliphatic carbocycles. The molecule has 0 atom stereocenters. The Labute approximate surface area is 104 Å². The van der Waals surface area contributed by atoms with E-state index >= 15 is 0 Å². The molecule has 92 valence electrons. The molecule has 0 aliphatic rings. The molecule has 0 fully saturated rings. The molecular formula is C14H21N3. The Morgan fingerprint density at radius 1 is 1.47 bits per heavy atom. The van der Waals surface area contributed by atoms with Gasteiger partial charge in [0.15, 0.2) is 0 Å². The van der Waals surface area contributed by atoms with Crippen LogP contribution in [0.1, 0.15) is 25.8 Å². The first-order valence-corrected chi connectivity index (χ1v) is 6.16. The Morgan fingerprint density at radius 3 is 2.94 bits per heavy atom. The van der Waals surface area contributed by atoms with Crippen molar-refractivity contribution in [1.82, 2.24) is 10.3 Å². The first kappa shape index (κ1) is 13.5. The maximum atomic E-state index is 5.41. The number of anilines is 1. The minimum Gasteiger partial charge on any atom is -0.345 e. The first-order chi connectivity index (χ1) is 8.33. The van der Waals surface area contributed by atoms with E-state index in [2.05, 4.69) is 41.0 Å². The van der Waals surface area contributed by atoms with E-state index in [9.17, 15) is 0 Å². The van der Waals surface area contributed by atoms with Crippen molar-refractivity contribution in [2.45, 2.75) is 26.8 Å². The van der Waals surface area contributed by atoms with Crippen LogP contribution in [0, 0.1) is 12.3 Å². The highest BCUT2D eigenvalue weighted by atomic mass is 15.2. The quantitative estimate of drug-likeness (QED) is 0.728. The smallest absolute Gasteiger partial charge is 0.133 e. The second-order valence-corrected chi connectivity index (χ2v) is 3.89. The van der Waals surface area contributed by atoms with Gasteiger partial charge in [0.25, 0.3) is 0 Å². The van der Waals surface area contributed by atoms with Crippen molar-refractivity contribution in [3.8, 4) is 12.3 Å². The van der Waals surface area contributed by atoms with Crippen LogP contribution in [-0.4, -0.2) is 24.6 Å². The highest BCUT2D eigenvalue weighted by molar-refractivity contribution is 5.47. The van der Waals surface area contributed by atoms with Gasteiger partial charge in [0.2, 0.25) is 0 Å². The summed E-state index contributed by atoms with van der Waals surface area (Å²) in [5.41, 5.74) is 1.21. The molecular weight excluding hydrogens is 210 g/mol. The SMILES string of the molecule is C#CCN(CCC)c1ncccc1CNCC. The van der Waals surface area contributed by atoms with Gasteiger partial charge in [0.1, 0.15) is 5.82 Å². The second-order valence-electron chi connectivity index (χ2n) is 3.89. The van der Waals surface area contributed by atoms with Crippen molar-refractivity contribution < 1.29 is 0 Å². The van der Waals surface area contributed by atoms with Crippen LogP contribution in [-0.2, 0) is 6.54 Å². The zero-order chi connectivity index (χ0) is 12.5. The van der Waals surface area contributed by atoms with Crippen molar-refractivity contribution in [1.29, 1.82) is 0 Å². The molecule has 0 radical (unpaired) electrons. The standard InChI is InChI=1S/C14H21N3/c1-4-10-17(11-5-2)14-13(12-15-6-3)8-7-9-16-14/h1,7-9,15H,5-6,10-12H2,2-3H3. The monoisotopic (exact) mass is 231 g/mol. The van der Waals surface area contributed by atoms with Crippen molar-refractivity contribution in [3.63, 3.8) is 0 Å². The third-order valence-corrected chi connectivity index (χ3v) is 2.51. The Bertz CT molecular complexity index is 368. The van der Waals surface area contributed by atoms with Gasteiger partial charge >= 0.3 is 0 Å². The molecule has 1 aromatic heterocycles. The summed E-state index contributed by atoms with van der Waals surface area (Å²) >= 11 is 0. The fourth-order valence-electron chi connectivity index (χ4n) is 1.75. The molecule has 0 aliphatic heterocycles. The molecule has 0 amide bonds. The van der Waals surface area contributed by atoms with Gasteiger partial charge in [-0.15, -0.1) is 6.42 Å². The van der Waals surface area contributed by atoms with E-state index in [0.717, 1.165) is 31.9 Å². The topological polar surface area (TPSA) is 28.2 Å². The van der Waals surface area contributed by atoms with E-state index in [4.69, 9.17) is 6.42 Å². The van der Waals surface area contributed by atoms with Crippen molar-refractivity contribution in [3.05, 3.63) is 23.9 Å². The van der Waals surface area contributed by atoms with Crippen LogP contribution in [0.25, 0.3) is 0 Å². The van der Waals surface area contributed by atoms with E-state index < -0.39 is 0 Å².